The van der Waals surface area contributed by atoms with Crippen LogP contribution < -0.4 is 0 Å². The van der Waals surface area contributed by atoms with E-state index in [2.05, 4.69) is 4.74 Å². The molecule has 0 N–H and O–H groups in total. The standard InChI is InChI=1S/C9H18N2O3.C2H6/c1-5-11(9(13)14-4)7-6-10(3)8(2)12;1-2/h5-7H2,1-4H3;1-2H3. The summed E-state index contributed by atoms with van der Waals surface area (Å²) in [5.41, 5.74) is 0. The Morgan fingerprint density at radius 2 is 1.69 bits per heavy atom. The van der Waals surface area contributed by atoms with Crippen LogP contribution in [-0.2, 0) is 9.53 Å². The van der Waals surface area contributed by atoms with Crippen molar-refractivity contribution in [2.24, 2.45) is 0 Å². The second-order valence-corrected chi connectivity index (χ2v) is 2.99. The van der Waals surface area contributed by atoms with Gasteiger partial charge in [-0.3, -0.25) is 4.79 Å². The molecule has 0 fully saturated rings. The van der Waals surface area contributed by atoms with E-state index in [0.717, 1.165) is 0 Å². The van der Waals surface area contributed by atoms with Crippen molar-refractivity contribution in [3.63, 3.8) is 0 Å². The van der Waals surface area contributed by atoms with Crippen LogP contribution in [0.2, 0.25) is 0 Å². The minimum atomic E-state index is -0.357. The van der Waals surface area contributed by atoms with Crippen molar-refractivity contribution in [1.29, 1.82) is 0 Å². The molecule has 0 atom stereocenters. The molecule has 0 saturated heterocycles. The lowest BCUT2D eigenvalue weighted by molar-refractivity contribution is -0.127. The lowest BCUT2D eigenvalue weighted by Gasteiger charge is -2.22. The average Bonchev–Trinajstić information content (AvgIpc) is 2.31. The summed E-state index contributed by atoms with van der Waals surface area (Å²) in [5.74, 6) is -0.00841. The highest BCUT2D eigenvalue weighted by molar-refractivity contribution is 5.73. The van der Waals surface area contributed by atoms with Crippen molar-refractivity contribution in [3.8, 4) is 0 Å². The van der Waals surface area contributed by atoms with Crippen LogP contribution in [-0.4, -0.2) is 55.6 Å². The number of carbonyl (C=O) groups excluding carboxylic acids is 2. The summed E-state index contributed by atoms with van der Waals surface area (Å²) in [6.45, 7) is 8.97. The van der Waals surface area contributed by atoms with Crippen molar-refractivity contribution in [1.82, 2.24) is 9.80 Å². The molecule has 16 heavy (non-hydrogen) atoms. The van der Waals surface area contributed by atoms with E-state index < -0.39 is 0 Å². The van der Waals surface area contributed by atoms with Gasteiger partial charge in [0.05, 0.1) is 7.11 Å². The molecule has 0 aromatic rings. The summed E-state index contributed by atoms with van der Waals surface area (Å²) in [6.07, 6.45) is -0.357. The summed E-state index contributed by atoms with van der Waals surface area (Å²) in [7, 11) is 3.05. The monoisotopic (exact) mass is 232 g/mol. The Hall–Kier alpha value is -1.26. The van der Waals surface area contributed by atoms with Crippen LogP contribution in [0.1, 0.15) is 27.7 Å². The van der Waals surface area contributed by atoms with E-state index in [1.807, 2.05) is 20.8 Å². The molecule has 2 amide bonds. The van der Waals surface area contributed by atoms with E-state index in [9.17, 15) is 9.59 Å². The maximum Gasteiger partial charge on any atom is 0.409 e. The van der Waals surface area contributed by atoms with Crippen molar-refractivity contribution in [2.75, 3.05) is 33.8 Å². The number of amides is 2. The molecule has 0 heterocycles. The quantitative estimate of drug-likeness (QED) is 0.739. The van der Waals surface area contributed by atoms with Crippen molar-refractivity contribution >= 4 is 12.0 Å². The second-order valence-electron chi connectivity index (χ2n) is 2.99. The normalized spacial score (nSPS) is 8.62. The van der Waals surface area contributed by atoms with Crippen LogP contribution >= 0.6 is 0 Å². The van der Waals surface area contributed by atoms with Crippen LogP contribution in [0, 0.1) is 0 Å². The summed E-state index contributed by atoms with van der Waals surface area (Å²) >= 11 is 0. The molecule has 0 spiro atoms. The van der Waals surface area contributed by atoms with E-state index >= 15 is 0 Å². The van der Waals surface area contributed by atoms with Gasteiger partial charge in [0.25, 0.3) is 0 Å². The molecular formula is C11H24N2O3. The summed E-state index contributed by atoms with van der Waals surface area (Å²) in [4.78, 5) is 25.1. The zero-order chi connectivity index (χ0) is 13.1. The number of likely N-dealkylation sites (N-methyl/N-ethyl adjacent to an activating group) is 2. The number of hydrogen-bond acceptors (Lipinski definition) is 3. The van der Waals surface area contributed by atoms with Gasteiger partial charge < -0.3 is 14.5 Å². The van der Waals surface area contributed by atoms with Crippen LogP contribution in [0.25, 0.3) is 0 Å². The molecule has 0 unspecified atom stereocenters. The van der Waals surface area contributed by atoms with Gasteiger partial charge in [-0.05, 0) is 6.92 Å². The molecule has 96 valence electrons. The lowest BCUT2D eigenvalue weighted by atomic mass is 10.4. The van der Waals surface area contributed by atoms with Crippen LogP contribution in [0.3, 0.4) is 0 Å². The Kier molecular flexibility index (Phi) is 11.0. The van der Waals surface area contributed by atoms with Crippen LogP contribution in [0.4, 0.5) is 4.79 Å². The fourth-order valence-corrected chi connectivity index (χ4v) is 0.936. The van der Waals surface area contributed by atoms with Crippen LogP contribution in [0.15, 0.2) is 0 Å². The molecule has 5 nitrogen and oxygen atoms in total. The van der Waals surface area contributed by atoms with Crippen molar-refractivity contribution in [3.05, 3.63) is 0 Å². The van der Waals surface area contributed by atoms with E-state index in [-0.39, 0.29) is 12.0 Å². The first kappa shape index (κ1) is 17.1. The molecule has 0 rings (SSSR count). The minimum absolute atomic E-state index is 0.00841. The Morgan fingerprint density at radius 1 is 1.19 bits per heavy atom. The number of carbonyl (C=O) groups is 2. The van der Waals surface area contributed by atoms with Gasteiger partial charge in [-0.15, -0.1) is 0 Å². The first-order valence-corrected chi connectivity index (χ1v) is 5.57. The molecule has 0 radical (unpaired) electrons. The number of methoxy groups -OCH3 is 1. The Morgan fingerprint density at radius 3 is 2.00 bits per heavy atom. The zero-order valence-electron chi connectivity index (χ0n) is 11.2. The van der Waals surface area contributed by atoms with Gasteiger partial charge in [0, 0.05) is 33.6 Å². The lowest BCUT2D eigenvalue weighted by Crippen LogP contribution is -2.38. The maximum atomic E-state index is 11.1. The molecule has 0 aromatic heterocycles. The predicted octanol–water partition coefficient (Wildman–Crippen LogP) is 1.58. The third kappa shape index (κ3) is 7.09. The van der Waals surface area contributed by atoms with Crippen molar-refractivity contribution in [2.45, 2.75) is 27.7 Å². The predicted molar refractivity (Wildman–Crippen MR) is 64.3 cm³/mol. The van der Waals surface area contributed by atoms with Gasteiger partial charge in [0.2, 0.25) is 5.91 Å². The molecule has 0 aromatic carbocycles. The highest BCUT2D eigenvalue weighted by Crippen LogP contribution is 1.93. The van der Waals surface area contributed by atoms with E-state index in [4.69, 9.17) is 0 Å². The summed E-state index contributed by atoms with van der Waals surface area (Å²) < 4.78 is 4.58. The van der Waals surface area contributed by atoms with Crippen LogP contribution in [0.5, 0.6) is 0 Å². The Balaban J connectivity index is 0. The molecule has 0 aliphatic heterocycles. The first-order valence-electron chi connectivity index (χ1n) is 5.57. The van der Waals surface area contributed by atoms with E-state index in [0.29, 0.717) is 19.6 Å². The molecular weight excluding hydrogens is 208 g/mol. The van der Waals surface area contributed by atoms with Gasteiger partial charge in [-0.2, -0.15) is 0 Å². The fourth-order valence-electron chi connectivity index (χ4n) is 0.936. The largest absolute Gasteiger partial charge is 0.453 e. The van der Waals surface area contributed by atoms with E-state index in [1.165, 1.54) is 14.0 Å². The fraction of sp³-hybridized carbons (Fsp3) is 0.818. The molecule has 0 bridgehead atoms. The third-order valence-corrected chi connectivity index (χ3v) is 2.06. The average molecular weight is 232 g/mol. The van der Waals surface area contributed by atoms with Gasteiger partial charge in [0.15, 0.2) is 0 Å². The zero-order valence-corrected chi connectivity index (χ0v) is 11.2. The second kappa shape index (κ2) is 10.3. The molecule has 0 aliphatic rings. The molecule has 0 saturated carbocycles. The van der Waals surface area contributed by atoms with E-state index in [1.54, 1.807) is 16.8 Å². The number of nitrogens with zero attached hydrogens (tertiary/aromatic N) is 2. The summed E-state index contributed by atoms with van der Waals surface area (Å²) in [5, 5.41) is 0. The highest BCUT2D eigenvalue weighted by atomic mass is 16.5. The first-order chi connectivity index (χ1) is 7.52. The summed E-state index contributed by atoms with van der Waals surface area (Å²) in [6, 6.07) is 0. The number of hydrogen-bond donors (Lipinski definition) is 0. The Labute approximate surface area is 98.4 Å². The van der Waals surface area contributed by atoms with Gasteiger partial charge >= 0.3 is 6.09 Å². The third-order valence-electron chi connectivity index (χ3n) is 2.06. The maximum absolute atomic E-state index is 11.1. The molecule has 5 heteroatoms. The molecule has 0 aliphatic carbocycles. The number of ether oxygens (including phenoxy) is 1. The minimum Gasteiger partial charge on any atom is -0.453 e. The number of rotatable bonds is 4. The van der Waals surface area contributed by atoms with Crippen molar-refractivity contribution < 1.29 is 14.3 Å². The van der Waals surface area contributed by atoms with Gasteiger partial charge in [0.1, 0.15) is 0 Å². The smallest absolute Gasteiger partial charge is 0.409 e. The highest BCUT2D eigenvalue weighted by Gasteiger charge is 2.12. The van der Waals surface area contributed by atoms with Gasteiger partial charge in [-0.25, -0.2) is 4.79 Å². The topological polar surface area (TPSA) is 49.9 Å². The Bertz CT molecular complexity index is 207. The van der Waals surface area contributed by atoms with Gasteiger partial charge in [-0.1, -0.05) is 13.8 Å². The SMILES string of the molecule is CC.CCN(CCN(C)C(C)=O)C(=O)OC.